The van der Waals surface area contributed by atoms with Gasteiger partial charge >= 0.3 is 12.1 Å². The van der Waals surface area contributed by atoms with Crippen molar-refractivity contribution in [1.29, 1.82) is 0 Å². The number of hydrogen-bond donors (Lipinski definition) is 1. The van der Waals surface area contributed by atoms with Gasteiger partial charge < -0.3 is 14.8 Å². The smallest absolute Gasteiger partial charge is 0.407 e. The minimum absolute atomic E-state index is 0.265. The Kier molecular flexibility index (Phi) is 5.39. The molecule has 0 aromatic carbocycles. The maximum absolute atomic E-state index is 11.8. The second-order valence-corrected chi connectivity index (χ2v) is 5.55. The van der Waals surface area contributed by atoms with Crippen molar-refractivity contribution in [3.05, 3.63) is 12.2 Å². The Morgan fingerprint density at radius 1 is 1.26 bits per heavy atom. The lowest BCUT2D eigenvalue weighted by Crippen LogP contribution is -2.46. The fraction of sp³-hybridized carbons (Fsp3) is 0.714. The third-order valence-corrected chi connectivity index (χ3v) is 2.72. The maximum atomic E-state index is 11.8. The van der Waals surface area contributed by atoms with Gasteiger partial charge in [0.15, 0.2) is 0 Å². The molecule has 0 unspecified atom stereocenters. The van der Waals surface area contributed by atoms with E-state index in [2.05, 4.69) is 5.32 Å². The van der Waals surface area contributed by atoms with Crippen LogP contribution >= 0.6 is 0 Å². The second kappa shape index (κ2) is 6.59. The first-order valence-corrected chi connectivity index (χ1v) is 6.64. The van der Waals surface area contributed by atoms with Gasteiger partial charge in [0.05, 0.1) is 12.5 Å². The number of amides is 1. The molecule has 1 rings (SSSR count). The molecule has 1 amide bonds. The van der Waals surface area contributed by atoms with E-state index in [1.807, 2.05) is 12.2 Å². The molecule has 0 fully saturated rings. The summed E-state index contributed by atoms with van der Waals surface area (Å²) in [6.45, 7) is 7.52. The molecule has 5 heteroatoms. The van der Waals surface area contributed by atoms with Crippen molar-refractivity contribution in [2.24, 2.45) is 5.92 Å². The largest absolute Gasteiger partial charge is 0.466 e. The minimum atomic E-state index is -0.548. The van der Waals surface area contributed by atoms with Gasteiger partial charge in [0.25, 0.3) is 0 Å². The molecule has 5 nitrogen and oxygen atoms in total. The van der Waals surface area contributed by atoms with Gasteiger partial charge in [-0.15, -0.1) is 0 Å². The molecule has 0 heterocycles. The van der Waals surface area contributed by atoms with Crippen molar-refractivity contribution in [3.63, 3.8) is 0 Å². The Balaban J connectivity index is 2.61. The van der Waals surface area contributed by atoms with Gasteiger partial charge in [0.2, 0.25) is 0 Å². The van der Waals surface area contributed by atoms with E-state index in [1.54, 1.807) is 27.7 Å². The number of nitrogens with one attached hydrogen (secondary N) is 1. The standard InChI is InChI=1S/C14H23NO4/c1-5-18-12(16)10-8-6-7-9-11(10)15-13(17)19-14(2,3)4/h6-7,10-11H,5,8-9H2,1-4H3,(H,15,17)/t10-,11-/m1/s1. The normalized spacial score (nSPS) is 22.7. The average Bonchev–Trinajstić information content (AvgIpc) is 2.27. The summed E-state index contributed by atoms with van der Waals surface area (Å²) in [5.74, 6) is -0.606. The van der Waals surface area contributed by atoms with Crippen LogP contribution in [-0.2, 0) is 14.3 Å². The van der Waals surface area contributed by atoms with Gasteiger partial charge in [-0.25, -0.2) is 4.79 Å². The quantitative estimate of drug-likeness (QED) is 0.631. The van der Waals surface area contributed by atoms with E-state index in [-0.39, 0.29) is 17.9 Å². The summed E-state index contributed by atoms with van der Waals surface area (Å²) in [5, 5.41) is 2.75. The first-order valence-electron chi connectivity index (χ1n) is 6.64. The van der Waals surface area contributed by atoms with Crippen LogP contribution in [0.5, 0.6) is 0 Å². The van der Waals surface area contributed by atoms with Crippen LogP contribution in [0.2, 0.25) is 0 Å². The van der Waals surface area contributed by atoms with Crippen LogP contribution in [0.25, 0.3) is 0 Å². The van der Waals surface area contributed by atoms with E-state index in [0.29, 0.717) is 19.4 Å². The van der Waals surface area contributed by atoms with Crippen molar-refractivity contribution in [3.8, 4) is 0 Å². The molecule has 19 heavy (non-hydrogen) atoms. The molecule has 0 radical (unpaired) electrons. The van der Waals surface area contributed by atoms with Crippen LogP contribution in [0.4, 0.5) is 4.79 Å². The number of hydrogen-bond acceptors (Lipinski definition) is 4. The highest BCUT2D eigenvalue weighted by molar-refractivity contribution is 5.75. The van der Waals surface area contributed by atoms with Gasteiger partial charge in [-0.3, -0.25) is 4.79 Å². The summed E-state index contributed by atoms with van der Waals surface area (Å²) in [6, 6.07) is -0.265. The van der Waals surface area contributed by atoms with Gasteiger partial charge in [-0.05, 0) is 40.5 Å². The van der Waals surface area contributed by atoms with Crippen LogP contribution < -0.4 is 5.32 Å². The lowest BCUT2D eigenvalue weighted by Gasteiger charge is -2.29. The highest BCUT2D eigenvalue weighted by atomic mass is 16.6. The Labute approximate surface area is 114 Å². The predicted octanol–water partition coefficient (Wildman–Crippen LogP) is 2.41. The Hall–Kier alpha value is -1.52. The number of allylic oxidation sites excluding steroid dienone is 1. The Morgan fingerprint density at radius 2 is 1.89 bits per heavy atom. The van der Waals surface area contributed by atoms with Gasteiger partial charge in [0.1, 0.15) is 5.60 Å². The average molecular weight is 269 g/mol. The third kappa shape index (κ3) is 5.32. The molecule has 108 valence electrons. The SMILES string of the molecule is CCOC(=O)[C@@H]1CC=CC[C@H]1NC(=O)OC(C)(C)C. The lowest BCUT2D eigenvalue weighted by atomic mass is 9.89. The van der Waals surface area contributed by atoms with E-state index < -0.39 is 11.7 Å². The van der Waals surface area contributed by atoms with Crippen molar-refractivity contribution in [2.45, 2.75) is 52.2 Å². The number of carbonyl (C=O) groups excluding carboxylic acids is 2. The minimum Gasteiger partial charge on any atom is -0.466 e. The van der Waals surface area contributed by atoms with Gasteiger partial charge in [0, 0.05) is 6.04 Å². The molecular weight excluding hydrogens is 246 g/mol. The van der Waals surface area contributed by atoms with Crippen molar-refractivity contribution >= 4 is 12.1 Å². The summed E-state index contributed by atoms with van der Waals surface area (Å²) in [5.41, 5.74) is -0.548. The Bertz CT molecular complexity index is 357. The zero-order valence-corrected chi connectivity index (χ0v) is 12.1. The maximum Gasteiger partial charge on any atom is 0.407 e. The molecule has 1 N–H and O–H groups in total. The van der Waals surface area contributed by atoms with Gasteiger partial charge in [-0.1, -0.05) is 12.2 Å². The summed E-state index contributed by atoms with van der Waals surface area (Å²) < 4.78 is 10.2. The predicted molar refractivity (Wildman–Crippen MR) is 71.7 cm³/mol. The van der Waals surface area contributed by atoms with Crippen LogP contribution in [0.3, 0.4) is 0 Å². The van der Waals surface area contributed by atoms with E-state index in [0.717, 1.165) is 0 Å². The summed E-state index contributed by atoms with van der Waals surface area (Å²) in [6.07, 6.45) is 4.59. The van der Waals surface area contributed by atoms with Crippen molar-refractivity contribution < 1.29 is 19.1 Å². The summed E-state index contributed by atoms with van der Waals surface area (Å²) >= 11 is 0. The summed E-state index contributed by atoms with van der Waals surface area (Å²) in [4.78, 5) is 23.6. The molecule has 1 aliphatic rings. The zero-order chi connectivity index (χ0) is 14.5. The fourth-order valence-corrected chi connectivity index (χ4v) is 1.94. The molecule has 0 aromatic heterocycles. The summed E-state index contributed by atoms with van der Waals surface area (Å²) in [7, 11) is 0. The molecular formula is C14H23NO4. The zero-order valence-electron chi connectivity index (χ0n) is 12.1. The van der Waals surface area contributed by atoms with Crippen LogP contribution in [-0.4, -0.2) is 30.3 Å². The van der Waals surface area contributed by atoms with Crippen molar-refractivity contribution in [2.75, 3.05) is 6.61 Å². The first kappa shape index (κ1) is 15.5. The van der Waals surface area contributed by atoms with E-state index in [1.165, 1.54) is 0 Å². The van der Waals surface area contributed by atoms with E-state index >= 15 is 0 Å². The Morgan fingerprint density at radius 3 is 2.47 bits per heavy atom. The highest BCUT2D eigenvalue weighted by Crippen LogP contribution is 2.21. The molecule has 0 bridgehead atoms. The van der Waals surface area contributed by atoms with E-state index in [4.69, 9.17) is 9.47 Å². The monoisotopic (exact) mass is 269 g/mol. The van der Waals surface area contributed by atoms with Gasteiger partial charge in [-0.2, -0.15) is 0 Å². The molecule has 0 spiro atoms. The number of ether oxygens (including phenoxy) is 2. The van der Waals surface area contributed by atoms with Crippen LogP contribution in [0.15, 0.2) is 12.2 Å². The number of carbonyl (C=O) groups is 2. The molecule has 1 aliphatic carbocycles. The highest BCUT2D eigenvalue weighted by Gasteiger charge is 2.32. The van der Waals surface area contributed by atoms with Crippen molar-refractivity contribution in [1.82, 2.24) is 5.32 Å². The molecule has 0 saturated heterocycles. The van der Waals surface area contributed by atoms with E-state index in [9.17, 15) is 9.59 Å². The molecule has 0 saturated carbocycles. The van der Waals surface area contributed by atoms with Crippen LogP contribution in [0.1, 0.15) is 40.5 Å². The fourth-order valence-electron chi connectivity index (χ4n) is 1.94. The third-order valence-electron chi connectivity index (χ3n) is 2.72. The van der Waals surface area contributed by atoms with Crippen LogP contribution in [0, 0.1) is 5.92 Å². The topological polar surface area (TPSA) is 64.6 Å². The molecule has 0 aliphatic heterocycles. The first-order chi connectivity index (χ1) is 8.83. The lowest BCUT2D eigenvalue weighted by molar-refractivity contribution is -0.149. The molecule has 0 aromatic rings. The number of alkyl carbamates (subject to hydrolysis) is 1. The molecule has 2 atom stereocenters. The number of rotatable bonds is 3. The number of esters is 1. The second-order valence-electron chi connectivity index (χ2n) is 5.55.